The second-order valence-corrected chi connectivity index (χ2v) is 3.49. The number of hydrogen-bond acceptors (Lipinski definition) is 3. The van der Waals surface area contributed by atoms with Crippen molar-refractivity contribution >= 4 is 19.7 Å². The first kappa shape index (κ1) is 8.76. The predicted octanol–water partition coefficient (Wildman–Crippen LogP) is -0.102. The fourth-order valence-electron chi connectivity index (χ4n) is 0.193. The van der Waals surface area contributed by atoms with Crippen molar-refractivity contribution < 1.29 is 13.5 Å². The molecule has 0 bridgehead atoms. The normalized spacial score (nSPS) is 10.0. The smallest absolute Gasteiger partial charge is 0.300 e. The zero-order valence-electron chi connectivity index (χ0n) is 4.46. The van der Waals surface area contributed by atoms with Gasteiger partial charge in [0.25, 0.3) is 0 Å². The van der Waals surface area contributed by atoms with E-state index in [1.807, 2.05) is 0 Å². The lowest BCUT2D eigenvalue weighted by atomic mass is 10.5. The molecule has 0 aromatic rings. The highest BCUT2D eigenvalue weighted by atomic mass is 35.7. The highest BCUT2D eigenvalue weighted by Gasteiger charge is 1.93. The Balaban J connectivity index is 3.90. The summed E-state index contributed by atoms with van der Waals surface area (Å²) in [6.07, 6.45) is 0.131. The highest BCUT2D eigenvalue weighted by Crippen LogP contribution is 1.91. The van der Waals surface area contributed by atoms with Gasteiger partial charge in [-0.15, -0.1) is 0 Å². The molecule has 0 saturated carbocycles. The van der Waals surface area contributed by atoms with Gasteiger partial charge in [0.15, 0.2) is 0 Å². The van der Waals surface area contributed by atoms with Crippen LogP contribution in [0.5, 0.6) is 0 Å². The van der Waals surface area contributed by atoms with Crippen LogP contribution in [0.25, 0.3) is 0 Å². The Kier molecular flexibility index (Phi) is 3.62. The molecular formula is C4H5ClO3S. The van der Waals surface area contributed by atoms with Gasteiger partial charge in [-0.25, -0.2) is 0 Å². The second kappa shape index (κ2) is 3.72. The highest BCUT2D eigenvalue weighted by molar-refractivity contribution is 8.17. The standard InChI is InChI=1S/C4H5ClO3S/c5-9(7,8)4-2-1-3-6/h6H,1,3H2. The fourth-order valence-corrected chi connectivity index (χ4v) is 0.631. The number of hydrogen-bond donors (Lipinski definition) is 1. The third-order valence-corrected chi connectivity index (χ3v) is 1.05. The van der Waals surface area contributed by atoms with Crippen molar-refractivity contribution in [1.29, 1.82) is 0 Å². The van der Waals surface area contributed by atoms with Gasteiger partial charge in [-0.05, 0) is 0 Å². The quantitative estimate of drug-likeness (QED) is 0.440. The lowest BCUT2D eigenvalue weighted by molar-refractivity contribution is 0.305. The van der Waals surface area contributed by atoms with E-state index in [4.69, 9.17) is 5.11 Å². The van der Waals surface area contributed by atoms with Crippen molar-refractivity contribution in [2.45, 2.75) is 6.42 Å². The average molecular weight is 169 g/mol. The minimum absolute atomic E-state index is 0.131. The van der Waals surface area contributed by atoms with Crippen molar-refractivity contribution in [2.75, 3.05) is 6.61 Å². The van der Waals surface area contributed by atoms with Crippen molar-refractivity contribution in [3.8, 4) is 11.2 Å². The molecule has 0 spiro atoms. The van der Waals surface area contributed by atoms with Gasteiger partial charge in [0, 0.05) is 22.4 Å². The van der Waals surface area contributed by atoms with Gasteiger partial charge >= 0.3 is 9.05 Å². The van der Waals surface area contributed by atoms with Crippen LogP contribution in [0, 0.1) is 11.2 Å². The SMILES string of the molecule is O=S(=O)(Cl)C#CCCO. The number of aliphatic hydroxyl groups is 1. The third kappa shape index (κ3) is 7.76. The maximum absolute atomic E-state index is 10.0. The van der Waals surface area contributed by atoms with E-state index in [0.29, 0.717) is 0 Å². The number of halogens is 1. The molecule has 0 fully saturated rings. The molecule has 0 rings (SSSR count). The van der Waals surface area contributed by atoms with E-state index in [2.05, 4.69) is 16.6 Å². The minimum atomic E-state index is -3.70. The summed E-state index contributed by atoms with van der Waals surface area (Å²) < 4.78 is 20.0. The van der Waals surface area contributed by atoms with Crippen molar-refractivity contribution in [3.05, 3.63) is 0 Å². The summed E-state index contributed by atoms with van der Waals surface area (Å²) in [6.45, 7) is -0.153. The average Bonchev–Trinajstić information content (AvgIpc) is 1.63. The molecule has 0 unspecified atom stereocenters. The third-order valence-electron chi connectivity index (χ3n) is 0.431. The maximum atomic E-state index is 10.0. The van der Waals surface area contributed by atoms with Crippen LogP contribution in [0.4, 0.5) is 0 Å². The van der Waals surface area contributed by atoms with Gasteiger partial charge in [-0.2, -0.15) is 8.42 Å². The molecule has 0 aromatic heterocycles. The first-order valence-electron chi connectivity index (χ1n) is 2.11. The van der Waals surface area contributed by atoms with E-state index in [-0.39, 0.29) is 13.0 Å². The van der Waals surface area contributed by atoms with Crippen LogP contribution >= 0.6 is 10.7 Å². The number of rotatable bonds is 1. The van der Waals surface area contributed by atoms with Crippen LogP contribution in [0.3, 0.4) is 0 Å². The molecule has 52 valence electrons. The molecule has 9 heavy (non-hydrogen) atoms. The molecule has 0 aliphatic heterocycles. The van der Waals surface area contributed by atoms with Gasteiger partial charge in [-0.1, -0.05) is 5.92 Å². The Labute approximate surface area is 58.1 Å². The monoisotopic (exact) mass is 168 g/mol. The van der Waals surface area contributed by atoms with Crippen LogP contribution in [0.1, 0.15) is 6.42 Å². The Hall–Kier alpha value is -0.240. The van der Waals surface area contributed by atoms with Gasteiger partial charge in [-0.3, -0.25) is 0 Å². The van der Waals surface area contributed by atoms with E-state index in [1.54, 1.807) is 5.25 Å². The van der Waals surface area contributed by atoms with Crippen molar-refractivity contribution in [2.24, 2.45) is 0 Å². The Morgan fingerprint density at radius 3 is 2.44 bits per heavy atom. The zero-order chi connectivity index (χ0) is 7.33. The lowest BCUT2D eigenvalue weighted by Crippen LogP contribution is -1.81. The summed E-state index contributed by atoms with van der Waals surface area (Å²) in [7, 11) is 0.990. The molecule has 0 aromatic carbocycles. The van der Waals surface area contributed by atoms with Crippen LogP contribution in [0.15, 0.2) is 0 Å². The van der Waals surface area contributed by atoms with Gasteiger partial charge in [0.1, 0.15) is 0 Å². The van der Waals surface area contributed by atoms with Crippen LogP contribution in [-0.2, 0) is 9.05 Å². The first-order valence-corrected chi connectivity index (χ1v) is 4.42. The molecule has 1 N–H and O–H groups in total. The van der Waals surface area contributed by atoms with Crippen LogP contribution in [0.2, 0.25) is 0 Å². The van der Waals surface area contributed by atoms with Gasteiger partial charge in [0.05, 0.1) is 6.61 Å². The van der Waals surface area contributed by atoms with E-state index in [0.717, 1.165) is 0 Å². The van der Waals surface area contributed by atoms with Crippen LogP contribution < -0.4 is 0 Å². The summed E-state index contributed by atoms with van der Waals surface area (Å²) in [6, 6.07) is 0. The van der Waals surface area contributed by atoms with E-state index in [9.17, 15) is 8.42 Å². The van der Waals surface area contributed by atoms with Gasteiger partial charge in [0.2, 0.25) is 0 Å². The van der Waals surface area contributed by atoms with E-state index < -0.39 is 9.05 Å². The molecule has 0 heterocycles. The molecular weight excluding hydrogens is 164 g/mol. The molecule has 0 aliphatic rings. The minimum Gasteiger partial charge on any atom is -0.395 e. The molecule has 5 heteroatoms. The summed E-state index contributed by atoms with van der Waals surface area (Å²) in [5.74, 6) is 2.16. The van der Waals surface area contributed by atoms with E-state index in [1.165, 1.54) is 0 Å². The summed E-state index contributed by atoms with van der Waals surface area (Å²) in [4.78, 5) is 0. The predicted molar refractivity (Wildman–Crippen MR) is 34.3 cm³/mol. The topological polar surface area (TPSA) is 54.4 Å². The largest absolute Gasteiger partial charge is 0.395 e. The maximum Gasteiger partial charge on any atom is 0.300 e. The molecule has 0 amide bonds. The first-order chi connectivity index (χ1) is 4.06. The Morgan fingerprint density at radius 2 is 2.11 bits per heavy atom. The lowest BCUT2D eigenvalue weighted by Gasteiger charge is -1.76. The van der Waals surface area contributed by atoms with Crippen LogP contribution in [-0.4, -0.2) is 20.1 Å². The van der Waals surface area contributed by atoms with Crippen molar-refractivity contribution in [3.63, 3.8) is 0 Å². The van der Waals surface area contributed by atoms with E-state index >= 15 is 0 Å². The number of aliphatic hydroxyl groups excluding tert-OH is 1. The molecule has 0 saturated heterocycles. The molecule has 3 nitrogen and oxygen atoms in total. The Bertz CT molecular complexity index is 220. The molecule has 0 radical (unpaired) electrons. The summed E-state index contributed by atoms with van der Waals surface area (Å²) >= 11 is 0. The molecule has 0 atom stereocenters. The Morgan fingerprint density at radius 1 is 1.56 bits per heavy atom. The molecule has 0 aliphatic carbocycles. The van der Waals surface area contributed by atoms with Crippen molar-refractivity contribution in [1.82, 2.24) is 0 Å². The zero-order valence-corrected chi connectivity index (χ0v) is 6.04. The summed E-state index contributed by atoms with van der Waals surface area (Å²) in [5.41, 5.74) is 0. The fraction of sp³-hybridized carbons (Fsp3) is 0.500. The second-order valence-electron chi connectivity index (χ2n) is 1.19. The van der Waals surface area contributed by atoms with Gasteiger partial charge < -0.3 is 5.11 Å². The summed E-state index contributed by atoms with van der Waals surface area (Å²) in [5, 5.41) is 9.87.